The first-order valence-electron chi connectivity index (χ1n) is 11.3. The minimum atomic E-state index is -0.184. The van der Waals surface area contributed by atoms with Crippen molar-refractivity contribution in [1.82, 2.24) is 15.1 Å². The van der Waals surface area contributed by atoms with Crippen LogP contribution in [-0.2, 0) is 6.54 Å². The van der Waals surface area contributed by atoms with Crippen LogP contribution in [-0.4, -0.2) is 54.0 Å². The van der Waals surface area contributed by atoms with Gasteiger partial charge in [0.1, 0.15) is 0 Å². The van der Waals surface area contributed by atoms with E-state index in [0.717, 1.165) is 45.6 Å². The van der Waals surface area contributed by atoms with E-state index in [1.165, 1.54) is 11.1 Å². The zero-order valence-corrected chi connectivity index (χ0v) is 18.4. The highest BCUT2D eigenvalue weighted by molar-refractivity contribution is 5.95. The smallest absolute Gasteiger partial charge is 0.319 e. The SMILES string of the molecule is CC(C)c1ccc(CN2CCN(C(=O)c3ccc(NC(=O)NC4CC4)cc3)CC2)cc1. The predicted octanol–water partition coefficient (Wildman–Crippen LogP) is 4.05. The van der Waals surface area contributed by atoms with Crippen molar-refractivity contribution >= 4 is 17.6 Å². The minimum Gasteiger partial charge on any atom is -0.336 e. The number of carbonyl (C=O) groups excluding carboxylic acids is 2. The van der Waals surface area contributed by atoms with Crippen LogP contribution < -0.4 is 10.6 Å². The summed E-state index contributed by atoms with van der Waals surface area (Å²) in [6.45, 7) is 8.54. The second-order valence-corrected chi connectivity index (χ2v) is 8.91. The number of hydrogen-bond donors (Lipinski definition) is 2. The Bertz CT molecular complexity index is 896. The number of hydrogen-bond acceptors (Lipinski definition) is 3. The molecule has 0 bridgehead atoms. The van der Waals surface area contributed by atoms with E-state index >= 15 is 0 Å². The van der Waals surface area contributed by atoms with Gasteiger partial charge in [0.2, 0.25) is 0 Å². The zero-order chi connectivity index (χ0) is 21.8. The Morgan fingerprint density at radius 2 is 1.58 bits per heavy atom. The van der Waals surface area contributed by atoms with Crippen molar-refractivity contribution in [2.24, 2.45) is 0 Å². The molecule has 164 valence electrons. The molecular weight excluding hydrogens is 388 g/mol. The van der Waals surface area contributed by atoms with Crippen molar-refractivity contribution in [1.29, 1.82) is 0 Å². The molecule has 6 nitrogen and oxygen atoms in total. The molecule has 2 aromatic rings. The van der Waals surface area contributed by atoms with Gasteiger partial charge < -0.3 is 15.5 Å². The average molecular weight is 421 g/mol. The Balaban J connectivity index is 1.25. The Labute approximate surface area is 184 Å². The predicted molar refractivity (Wildman–Crippen MR) is 123 cm³/mol. The van der Waals surface area contributed by atoms with E-state index in [-0.39, 0.29) is 11.9 Å². The van der Waals surface area contributed by atoms with Crippen molar-refractivity contribution in [2.75, 3.05) is 31.5 Å². The molecule has 0 radical (unpaired) electrons. The molecule has 31 heavy (non-hydrogen) atoms. The second-order valence-electron chi connectivity index (χ2n) is 8.91. The lowest BCUT2D eigenvalue weighted by Gasteiger charge is -2.34. The van der Waals surface area contributed by atoms with Crippen molar-refractivity contribution in [2.45, 2.75) is 45.2 Å². The number of urea groups is 1. The molecule has 0 atom stereocenters. The van der Waals surface area contributed by atoms with Crippen molar-refractivity contribution < 1.29 is 9.59 Å². The van der Waals surface area contributed by atoms with Gasteiger partial charge in [-0.1, -0.05) is 38.1 Å². The van der Waals surface area contributed by atoms with Gasteiger partial charge in [-0.05, 0) is 54.2 Å². The second kappa shape index (κ2) is 9.52. The Morgan fingerprint density at radius 3 is 2.16 bits per heavy atom. The van der Waals surface area contributed by atoms with Gasteiger partial charge >= 0.3 is 6.03 Å². The molecule has 6 heteroatoms. The van der Waals surface area contributed by atoms with Crippen LogP contribution >= 0.6 is 0 Å². The van der Waals surface area contributed by atoms with Gasteiger partial charge in [-0.3, -0.25) is 9.69 Å². The number of anilines is 1. The molecular formula is C25H32N4O2. The first-order valence-corrected chi connectivity index (χ1v) is 11.3. The topological polar surface area (TPSA) is 64.7 Å². The highest BCUT2D eigenvalue weighted by atomic mass is 16.2. The maximum atomic E-state index is 12.9. The molecule has 0 spiro atoms. The normalized spacial score (nSPS) is 16.9. The van der Waals surface area contributed by atoms with Crippen molar-refractivity contribution in [3.63, 3.8) is 0 Å². The standard InChI is InChI=1S/C25H32N4O2/c1-18(2)20-5-3-19(4-6-20)17-28-13-15-29(16-14-28)24(30)21-7-9-22(10-8-21)26-25(31)27-23-11-12-23/h3-10,18,23H,11-17H2,1-2H3,(H2,26,27,31). The zero-order valence-electron chi connectivity index (χ0n) is 18.4. The van der Waals surface area contributed by atoms with E-state index in [2.05, 4.69) is 53.6 Å². The maximum absolute atomic E-state index is 12.9. The van der Waals surface area contributed by atoms with Crippen LogP contribution in [0.15, 0.2) is 48.5 Å². The number of piperazine rings is 1. The number of carbonyl (C=O) groups is 2. The summed E-state index contributed by atoms with van der Waals surface area (Å²) in [5, 5.41) is 5.71. The first-order chi connectivity index (χ1) is 15.0. The Morgan fingerprint density at radius 1 is 0.935 bits per heavy atom. The van der Waals surface area contributed by atoms with E-state index < -0.39 is 0 Å². The van der Waals surface area contributed by atoms with Gasteiger partial charge in [0.05, 0.1) is 0 Å². The molecule has 2 fully saturated rings. The number of nitrogens with zero attached hydrogens (tertiary/aromatic N) is 2. The van der Waals surface area contributed by atoms with Crippen LogP contribution in [0.1, 0.15) is 54.1 Å². The third-order valence-corrected chi connectivity index (χ3v) is 6.01. The van der Waals surface area contributed by atoms with Gasteiger partial charge in [0, 0.05) is 50.0 Å². The molecule has 3 amide bonds. The fourth-order valence-electron chi connectivity index (χ4n) is 3.83. The van der Waals surface area contributed by atoms with Gasteiger partial charge in [0.15, 0.2) is 0 Å². The van der Waals surface area contributed by atoms with E-state index in [9.17, 15) is 9.59 Å². The van der Waals surface area contributed by atoms with Crippen LogP contribution in [0.5, 0.6) is 0 Å². The average Bonchev–Trinajstić information content (AvgIpc) is 3.58. The third-order valence-electron chi connectivity index (χ3n) is 6.01. The highest BCUT2D eigenvalue weighted by Crippen LogP contribution is 2.20. The van der Waals surface area contributed by atoms with Crippen LogP contribution in [0.4, 0.5) is 10.5 Å². The molecule has 2 aromatic carbocycles. The molecule has 1 saturated carbocycles. The largest absolute Gasteiger partial charge is 0.336 e. The lowest BCUT2D eigenvalue weighted by molar-refractivity contribution is 0.0628. The van der Waals surface area contributed by atoms with Gasteiger partial charge in [-0.2, -0.15) is 0 Å². The molecule has 4 rings (SSSR count). The Kier molecular flexibility index (Phi) is 6.56. The summed E-state index contributed by atoms with van der Waals surface area (Å²) >= 11 is 0. The summed E-state index contributed by atoms with van der Waals surface area (Å²) in [5.41, 5.74) is 4.04. The summed E-state index contributed by atoms with van der Waals surface area (Å²) in [4.78, 5) is 29.0. The maximum Gasteiger partial charge on any atom is 0.319 e. The number of benzene rings is 2. The molecule has 1 aliphatic heterocycles. The van der Waals surface area contributed by atoms with Crippen molar-refractivity contribution in [3.8, 4) is 0 Å². The summed E-state index contributed by atoms with van der Waals surface area (Å²) in [6, 6.07) is 16.2. The lowest BCUT2D eigenvalue weighted by Crippen LogP contribution is -2.48. The van der Waals surface area contributed by atoms with E-state index in [0.29, 0.717) is 23.2 Å². The quantitative estimate of drug-likeness (QED) is 0.741. The van der Waals surface area contributed by atoms with E-state index in [1.54, 1.807) is 24.3 Å². The molecule has 1 saturated heterocycles. The van der Waals surface area contributed by atoms with Gasteiger partial charge in [-0.25, -0.2) is 4.79 Å². The fourth-order valence-corrected chi connectivity index (χ4v) is 3.83. The van der Waals surface area contributed by atoms with E-state index in [4.69, 9.17) is 0 Å². The monoisotopic (exact) mass is 420 g/mol. The van der Waals surface area contributed by atoms with Crippen molar-refractivity contribution in [3.05, 3.63) is 65.2 Å². The molecule has 2 N–H and O–H groups in total. The minimum absolute atomic E-state index is 0.0509. The summed E-state index contributed by atoms with van der Waals surface area (Å²) in [6.07, 6.45) is 2.11. The van der Waals surface area contributed by atoms with Gasteiger partial charge in [0.25, 0.3) is 5.91 Å². The van der Waals surface area contributed by atoms with Crippen LogP contribution in [0.2, 0.25) is 0 Å². The molecule has 0 aromatic heterocycles. The Hall–Kier alpha value is -2.86. The molecule has 1 heterocycles. The molecule has 0 unspecified atom stereocenters. The molecule has 2 aliphatic rings. The number of rotatable bonds is 6. The lowest BCUT2D eigenvalue weighted by atomic mass is 10.0. The number of amides is 3. The summed E-state index contributed by atoms with van der Waals surface area (Å²) in [5.74, 6) is 0.600. The molecule has 1 aliphatic carbocycles. The highest BCUT2D eigenvalue weighted by Gasteiger charge is 2.24. The van der Waals surface area contributed by atoms with Gasteiger partial charge in [-0.15, -0.1) is 0 Å². The summed E-state index contributed by atoms with van der Waals surface area (Å²) in [7, 11) is 0. The van der Waals surface area contributed by atoms with Crippen LogP contribution in [0.25, 0.3) is 0 Å². The van der Waals surface area contributed by atoms with Crippen LogP contribution in [0, 0.1) is 0 Å². The summed E-state index contributed by atoms with van der Waals surface area (Å²) < 4.78 is 0. The van der Waals surface area contributed by atoms with E-state index in [1.807, 2.05) is 4.90 Å². The third kappa shape index (κ3) is 5.85. The van der Waals surface area contributed by atoms with Crippen LogP contribution in [0.3, 0.4) is 0 Å². The fraction of sp³-hybridized carbons (Fsp3) is 0.440. The number of nitrogens with one attached hydrogen (secondary N) is 2. The first kappa shape index (κ1) is 21.4.